The summed E-state index contributed by atoms with van der Waals surface area (Å²) in [5.74, 6) is -0.663. The molecule has 0 saturated heterocycles. The predicted octanol–water partition coefficient (Wildman–Crippen LogP) is 1.62. The number of benzene rings is 1. The summed E-state index contributed by atoms with van der Waals surface area (Å²) in [6, 6.07) is 2.62. The monoisotopic (exact) mass is 342 g/mol. The molecule has 1 saturated carbocycles. The summed E-state index contributed by atoms with van der Waals surface area (Å²) in [4.78, 5) is 22.0. The molecule has 2 rings (SSSR count). The number of nitro groups is 1. The van der Waals surface area contributed by atoms with Gasteiger partial charge in [0.15, 0.2) is 0 Å². The molecule has 1 aliphatic carbocycles. The van der Waals surface area contributed by atoms with Crippen molar-refractivity contribution < 1.29 is 22.9 Å². The number of sulfonamides is 1. The van der Waals surface area contributed by atoms with Crippen LogP contribution in [0, 0.1) is 17.0 Å². The maximum Gasteiger partial charge on any atom is 0.323 e. The highest BCUT2D eigenvalue weighted by atomic mass is 32.2. The molecule has 0 bridgehead atoms. The zero-order valence-corrected chi connectivity index (χ0v) is 13.9. The first kappa shape index (κ1) is 17.4. The Hall–Kier alpha value is -2.00. The van der Waals surface area contributed by atoms with Crippen LogP contribution in [0.4, 0.5) is 5.69 Å². The van der Waals surface area contributed by atoms with Gasteiger partial charge in [0.05, 0.1) is 16.9 Å². The molecule has 9 heteroatoms. The van der Waals surface area contributed by atoms with Crippen LogP contribution in [0.5, 0.6) is 0 Å². The van der Waals surface area contributed by atoms with Crippen LogP contribution in [-0.4, -0.2) is 42.8 Å². The highest BCUT2D eigenvalue weighted by Gasteiger charge is 2.44. The molecule has 0 N–H and O–H groups in total. The van der Waals surface area contributed by atoms with Crippen molar-refractivity contribution in [2.75, 3.05) is 7.11 Å². The summed E-state index contributed by atoms with van der Waals surface area (Å²) in [6.07, 6.45) is 1.29. The van der Waals surface area contributed by atoms with Gasteiger partial charge in [0.1, 0.15) is 6.04 Å². The van der Waals surface area contributed by atoms with Gasteiger partial charge in [0, 0.05) is 17.7 Å². The van der Waals surface area contributed by atoms with Crippen LogP contribution in [0.25, 0.3) is 0 Å². The smallest absolute Gasteiger partial charge is 0.323 e. The third kappa shape index (κ3) is 3.20. The Morgan fingerprint density at radius 1 is 1.43 bits per heavy atom. The summed E-state index contributed by atoms with van der Waals surface area (Å²) in [5, 5.41) is 11.0. The Balaban J connectivity index is 2.53. The molecule has 0 heterocycles. The van der Waals surface area contributed by atoms with Crippen LogP contribution in [0.2, 0.25) is 0 Å². The van der Waals surface area contributed by atoms with E-state index in [1.807, 2.05) is 0 Å². The van der Waals surface area contributed by atoms with Crippen LogP contribution >= 0.6 is 0 Å². The predicted molar refractivity (Wildman–Crippen MR) is 81.4 cm³/mol. The highest BCUT2D eigenvalue weighted by Crippen LogP contribution is 2.36. The van der Waals surface area contributed by atoms with E-state index >= 15 is 0 Å². The second kappa shape index (κ2) is 6.25. The fourth-order valence-corrected chi connectivity index (χ4v) is 4.59. The minimum atomic E-state index is -4.05. The van der Waals surface area contributed by atoms with E-state index in [1.165, 1.54) is 39.2 Å². The molecule has 0 unspecified atom stereocenters. The van der Waals surface area contributed by atoms with Crippen LogP contribution in [0.1, 0.15) is 25.3 Å². The van der Waals surface area contributed by atoms with Crippen LogP contribution in [0.3, 0.4) is 0 Å². The third-order valence-electron chi connectivity index (χ3n) is 3.84. The van der Waals surface area contributed by atoms with E-state index in [0.29, 0.717) is 12.8 Å². The SMILES string of the molecule is COC(=O)[C@@H](C)N(C1CC1)S(=O)(=O)c1cccc([N+](=O)[O-])c1C. The summed E-state index contributed by atoms with van der Waals surface area (Å²) in [5.41, 5.74) is -0.215. The van der Waals surface area contributed by atoms with E-state index in [0.717, 1.165) is 4.31 Å². The molecule has 8 nitrogen and oxygen atoms in total. The lowest BCUT2D eigenvalue weighted by Gasteiger charge is -2.27. The number of nitrogens with zero attached hydrogens (tertiary/aromatic N) is 2. The molecule has 0 aromatic heterocycles. The van der Waals surface area contributed by atoms with Crippen molar-refractivity contribution >= 4 is 21.7 Å². The number of ether oxygens (including phenoxy) is 1. The van der Waals surface area contributed by atoms with Gasteiger partial charge in [0.2, 0.25) is 10.0 Å². The largest absolute Gasteiger partial charge is 0.468 e. The number of esters is 1. The molecule has 0 spiro atoms. The summed E-state index contributed by atoms with van der Waals surface area (Å²) >= 11 is 0. The molecule has 126 valence electrons. The van der Waals surface area contributed by atoms with Gasteiger partial charge in [-0.05, 0) is 32.8 Å². The minimum absolute atomic E-state index is 0.0558. The number of carbonyl (C=O) groups excluding carboxylic acids is 1. The van der Waals surface area contributed by atoms with E-state index in [-0.39, 0.29) is 22.2 Å². The summed E-state index contributed by atoms with van der Waals surface area (Å²) < 4.78 is 31.7. The molecule has 1 fully saturated rings. The second-order valence-electron chi connectivity index (χ2n) is 5.42. The molecule has 1 aromatic carbocycles. The van der Waals surface area contributed by atoms with Gasteiger partial charge < -0.3 is 4.74 Å². The average molecular weight is 342 g/mol. The van der Waals surface area contributed by atoms with Crippen LogP contribution < -0.4 is 0 Å². The number of hydrogen-bond donors (Lipinski definition) is 0. The first-order valence-electron chi connectivity index (χ1n) is 7.07. The first-order valence-corrected chi connectivity index (χ1v) is 8.51. The van der Waals surface area contributed by atoms with E-state index < -0.39 is 27.0 Å². The molecule has 1 atom stereocenters. The zero-order valence-electron chi connectivity index (χ0n) is 13.1. The van der Waals surface area contributed by atoms with Gasteiger partial charge in [0.25, 0.3) is 5.69 Å². The Bertz CT molecular complexity index is 742. The van der Waals surface area contributed by atoms with Crippen molar-refractivity contribution in [3.63, 3.8) is 0 Å². The van der Waals surface area contributed by atoms with Gasteiger partial charge in [-0.25, -0.2) is 8.42 Å². The van der Waals surface area contributed by atoms with Crippen molar-refractivity contribution in [1.82, 2.24) is 4.31 Å². The molecule has 0 radical (unpaired) electrons. The Morgan fingerprint density at radius 2 is 2.04 bits per heavy atom. The minimum Gasteiger partial charge on any atom is -0.468 e. The maximum atomic E-state index is 13.0. The van der Waals surface area contributed by atoms with Gasteiger partial charge >= 0.3 is 5.97 Å². The normalized spacial score (nSPS) is 16.2. The third-order valence-corrected chi connectivity index (χ3v) is 6.01. The quantitative estimate of drug-likeness (QED) is 0.442. The second-order valence-corrected chi connectivity index (χ2v) is 7.23. The molecule has 23 heavy (non-hydrogen) atoms. The standard InChI is InChI=1S/C14H18N2O6S/c1-9-12(16(18)19)5-4-6-13(9)23(20,21)15(11-7-8-11)10(2)14(17)22-3/h4-6,10-11H,7-8H2,1-3H3/t10-/m1/s1. The highest BCUT2D eigenvalue weighted by molar-refractivity contribution is 7.89. The van der Waals surface area contributed by atoms with Crippen LogP contribution in [0.15, 0.2) is 23.1 Å². The molecular weight excluding hydrogens is 324 g/mol. The van der Waals surface area contributed by atoms with Crippen LogP contribution in [-0.2, 0) is 19.6 Å². The van der Waals surface area contributed by atoms with Gasteiger partial charge in [-0.1, -0.05) is 6.07 Å². The number of nitro benzene ring substituents is 1. The van der Waals surface area contributed by atoms with E-state index in [4.69, 9.17) is 0 Å². The molecule has 0 amide bonds. The molecular formula is C14H18N2O6S. The molecule has 1 aliphatic rings. The van der Waals surface area contributed by atoms with Crippen molar-refractivity contribution in [3.8, 4) is 0 Å². The lowest BCUT2D eigenvalue weighted by molar-refractivity contribution is -0.385. The fraction of sp³-hybridized carbons (Fsp3) is 0.500. The van der Waals surface area contributed by atoms with Crippen molar-refractivity contribution in [2.45, 2.75) is 43.7 Å². The van der Waals surface area contributed by atoms with Gasteiger partial charge in [-0.2, -0.15) is 4.31 Å². The van der Waals surface area contributed by atoms with E-state index in [2.05, 4.69) is 4.74 Å². The van der Waals surface area contributed by atoms with Crippen molar-refractivity contribution in [1.29, 1.82) is 0 Å². The van der Waals surface area contributed by atoms with Crippen molar-refractivity contribution in [2.24, 2.45) is 0 Å². The molecule has 0 aliphatic heterocycles. The summed E-state index contributed by atoms with van der Waals surface area (Å²) in [6.45, 7) is 2.84. The van der Waals surface area contributed by atoms with E-state index in [1.54, 1.807) is 0 Å². The number of hydrogen-bond acceptors (Lipinski definition) is 6. The zero-order chi connectivity index (χ0) is 17.4. The number of carbonyl (C=O) groups is 1. The number of rotatable bonds is 6. The van der Waals surface area contributed by atoms with E-state index in [9.17, 15) is 23.3 Å². The average Bonchev–Trinajstić information content (AvgIpc) is 3.30. The molecule has 1 aromatic rings. The fourth-order valence-electron chi connectivity index (χ4n) is 2.52. The van der Waals surface area contributed by atoms with Crippen molar-refractivity contribution in [3.05, 3.63) is 33.9 Å². The lowest BCUT2D eigenvalue weighted by atomic mass is 10.2. The van der Waals surface area contributed by atoms with Gasteiger partial charge in [-0.3, -0.25) is 14.9 Å². The Morgan fingerprint density at radius 3 is 2.52 bits per heavy atom. The first-order chi connectivity index (χ1) is 10.7. The van der Waals surface area contributed by atoms with Gasteiger partial charge in [-0.15, -0.1) is 0 Å². The Labute approximate surface area is 134 Å². The topological polar surface area (TPSA) is 107 Å². The number of methoxy groups -OCH3 is 1. The Kier molecular flexibility index (Phi) is 4.71. The summed E-state index contributed by atoms with van der Waals surface area (Å²) in [7, 11) is -2.86. The lowest BCUT2D eigenvalue weighted by Crippen LogP contribution is -2.45. The maximum absolute atomic E-state index is 13.0.